The van der Waals surface area contributed by atoms with Gasteiger partial charge in [-0.05, 0) is 31.9 Å². The van der Waals surface area contributed by atoms with E-state index in [1.807, 2.05) is 0 Å². The van der Waals surface area contributed by atoms with Crippen molar-refractivity contribution in [1.29, 1.82) is 0 Å². The van der Waals surface area contributed by atoms with E-state index in [1.54, 1.807) is 0 Å². The van der Waals surface area contributed by atoms with E-state index in [1.165, 1.54) is 0 Å². The van der Waals surface area contributed by atoms with E-state index >= 15 is 0 Å². The van der Waals surface area contributed by atoms with Gasteiger partial charge in [-0.2, -0.15) is 0 Å². The lowest BCUT2D eigenvalue weighted by molar-refractivity contribution is 2.38. The lowest BCUT2D eigenvalue weighted by atomic mass is 11.3. The molecule has 0 N–H and O–H groups in total. The van der Waals surface area contributed by atoms with Gasteiger partial charge in [-0.1, -0.05) is 11.6 Å². The second-order valence-electron chi connectivity index (χ2n) is 0.355. The van der Waals surface area contributed by atoms with Gasteiger partial charge in [0.1, 0.15) is 0 Å². The molecule has 0 bridgehead atoms. The first-order valence-corrected chi connectivity index (χ1v) is 2.78. The molecule has 0 aromatic heterocycles. The average Bonchev–Trinajstić information content (AvgIpc) is 1.38. The quantitative estimate of drug-likeness (QED) is 0.587. The third kappa shape index (κ3) is 4.99. The van der Waals surface area contributed by atoms with Crippen molar-refractivity contribution in [2.75, 3.05) is 0 Å². The summed E-state index contributed by atoms with van der Waals surface area (Å²) in [5.74, 6) is 0. The van der Waals surface area contributed by atoms with Crippen molar-refractivity contribution in [2.45, 2.75) is 0 Å². The number of rotatable bonds is 0. The molecule has 0 heterocycles. The van der Waals surface area contributed by atoms with Crippen LogP contribution >= 0.6 is 43.5 Å². The fourth-order valence-corrected chi connectivity index (χ4v) is 0. The number of hydrogen-bond acceptors (Lipinski definition) is 0. The monoisotopic (exact) mass is 217 g/mol. The number of hydrogen-bond donors (Lipinski definition) is 0. The molecule has 0 fully saturated rings. The fourth-order valence-electron chi connectivity index (χ4n) is 0. The van der Waals surface area contributed by atoms with Crippen LogP contribution in [0.1, 0.15) is 0 Å². The Morgan fingerprint density at radius 3 is 2.00 bits per heavy atom. The second kappa shape index (κ2) is 3.19. The molecule has 0 aromatic rings. The first-order valence-electron chi connectivity index (χ1n) is 0.817. The van der Waals surface area contributed by atoms with Gasteiger partial charge in [0.25, 0.3) is 0 Å². The molecule has 1 radical (unpaired) electrons. The third-order valence-electron chi connectivity index (χ3n) is 0.0714. The highest BCUT2D eigenvalue weighted by molar-refractivity contribution is 9.14. The van der Waals surface area contributed by atoms with E-state index < -0.39 is 0 Å². The summed E-state index contributed by atoms with van der Waals surface area (Å²) >= 11 is 10.9. The molecule has 0 saturated carbocycles. The summed E-state index contributed by atoms with van der Waals surface area (Å²) in [6.07, 6.45) is 0. The Kier molecular flexibility index (Phi) is 3.82. The summed E-state index contributed by atoms with van der Waals surface area (Å²) in [5, 5.41) is 0. The van der Waals surface area contributed by atoms with Gasteiger partial charge in [0.2, 0.25) is 0 Å². The fraction of sp³-hybridized carbons (Fsp3) is 0. The Bertz CT molecular complexity index is 45.6. The lowest BCUT2D eigenvalue weighted by Gasteiger charge is -1.64. The Hall–Kier alpha value is 0.990. The summed E-state index contributed by atoms with van der Waals surface area (Å²) in [4.78, 5) is 2.44. The van der Waals surface area contributed by atoms with Crippen molar-refractivity contribution in [3.63, 3.8) is 0 Å². The van der Waals surface area contributed by atoms with Crippen molar-refractivity contribution in [2.24, 2.45) is 0 Å². The van der Waals surface area contributed by atoms with Gasteiger partial charge in [-0.3, -0.25) is 0 Å². The molecule has 0 atom stereocenters. The van der Waals surface area contributed by atoms with E-state index in [0.29, 0.717) is 3.94 Å². The normalized spacial score (nSPS) is 12.2. The predicted molar refractivity (Wildman–Crippen MR) is 30.5 cm³/mol. The highest BCUT2D eigenvalue weighted by Gasteiger charge is 1.70. The average molecular weight is 219 g/mol. The molecule has 5 heavy (non-hydrogen) atoms. The van der Waals surface area contributed by atoms with Crippen molar-refractivity contribution in [1.82, 2.24) is 0 Å². The van der Waals surface area contributed by atoms with E-state index in [4.69, 9.17) is 11.6 Å². The zero-order valence-electron chi connectivity index (χ0n) is 2.13. The van der Waals surface area contributed by atoms with Crippen LogP contribution in [0.3, 0.4) is 0 Å². The highest BCUT2D eigenvalue weighted by atomic mass is 79.9. The summed E-state index contributed by atoms with van der Waals surface area (Å²) in [5.41, 5.74) is 0. The topological polar surface area (TPSA) is 0 Å². The first kappa shape index (κ1) is 5.99. The Labute approximate surface area is 52.5 Å². The smallest absolute Gasteiger partial charge is 0.0749 e. The molecule has 0 spiro atoms. The van der Waals surface area contributed by atoms with Crippen LogP contribution in [0.5, 0.6) is 0 Å². The number of halogens is 3. The Morgan fingerprint density at radius 1 is 1.80 bits per heavy atom. The molecule has 3 heteroatoms. The summed E-state index contributed by atoms with van der Waals surface area (Å²) < 4.78 is 0.456. The van der Waals surface area contributed by atoms with E-state index in [-0.39, 0.29) is 0 Å². The molecule has 0 nitrogen and oxygen atoms in total. The molecule has 0 rings (SSSR count). The van der Waals surface area contributed by atoms with Gasteiger partial charge in [-0.25, -0.2) is 0 Å². The molecule has 29 valence electrons. The largest absolute Gasteiger partial charge is 0.0987 e. The molecule has 0 aliphatic rings. The molecule has 0 unspecified atom stereocenters. The van der Waals surface area contributed by atoms with Crippen molar-refractivity contribution < 1.29 is 0 Å². The van der Waals surface area contributed by atoms with Crippen molar-refractivity contribution in [3.05, 3.63) is 8.93 Å². The Balaban J connectivity index is 3.14. The zero-order valence-corrected chi connectivity index (χ0v) is 6.06. The van der Waals surface area contributed by atoms with Crippen LogP contribution < -0.4 is 0 Å². The van der Waals surface area contributed by atoms with Crippen molar-refractivity contribution in [3.8, 4) is 0 Å². The van der Waals surface area contributed by atoms with Crippen LogP contribution in [0.15, 0.2) is 3.94 Å². The highest BCUT2D eigenvalue weighted by Crippen LogP contribution is 2.09. The maximum Gasteiger partial charge on any atom is 0.0987 e. The summed E-state index contributed by atoms with van der Waals surface area (Å²) in [6, 6.07) is 0. The second-order valence-corrected chi connectivity index (χ2v) is 2.38. The predicted octanol–water partition coefficient (Wildman–Crippen LogP) is 2.62. The maximum atomic E-state index is 5.14. The van der Waals surface area contributed by atoms with Gasteiger partial charge in [0.05, 0.1) is 8.93 Å². The molecular formula is C2Br2Cl. The van der Waals surface area contributed by atoms with Gasteiger partial charge < -0.3 is 0 Å². The Morgan fingerprint density at radius 2 is 2.00 bits per heavy atom. The minimum atomic E-state index is 0.456. The van der Waals surface area contributed by atoms with E-state index in [0.717, 1.165) is 0 Å². The zero-order chi connectivity index (χ0) is 4.28. The van der Waals surface area contributed by atoms with E-state index in [9.17, 15) is 0 Å². The van der Waals surface area contributed by atoms with Crippen LogP contribution in [0.4, 0.5) is 0 Å². The molecular weight excluding hydrogens is 219 g/mol. The minimum absolute atomic E-state index is 0.456. The molecule has 0 saturated heterocycles. The lowest BCUT2D eigenvalue weighted by Crippen LogP contribution is -1.33. The van der Waals surface area contributed by atoms with Crippen LogP contribution in [-0.2, 0) is 0 Å². The molecule has 0 amide bonds. The van der Waals surface area contributed by atoms with E-state index in [2.05, 4.69) is 36.8 Å². The van der Waals surface area contributed by atoms with Gasteiger partial charge >= 0.3 is 0 Å². The minimum Gasteiger partial charge on any atom is -0.0749 e. The van der Waals surface area contributed by atoms with Crippen molar-refractivity contribution >= 4 is 43.5 Å². The van der Waals surface area contributed by atoms with Crippen LogP contribution in [-0.4, -0.2) is 0 Å². The standard InChI is InChI=1S/C2Br2Cl/c3-1-2(4)5. The van der Waals surface area contributed by atoms with Gasteiger partial charge in [0, 0.05) is 0 Å². The van der Waals surface area contributed by atoms with Gasteiger partial charge in [-0.15, -0.1) is 0 Å². The summed E-state index contributed by atoms with van der Waals surface area (Å²) in [6.45, 7) is 0. The van der Waals surface area contributed by atoms with Crippen LogP contribution in [0.2, 0.25) is 0 Å². The maximum absolute atomic E-state index is 5.14. The molecule has 0 aliphatic carbocycles. The molecule has 0 aliphatic heterocycles. The van der Waals surface area contributed by atoms with Gasteiger partial charge in [0.15, 0.2) is 0 Å². The summed E-state index contributed by atoms with van der Waals surface area (Å²) in [7, 11) is 0. The SMILES string of the molecule is Cl/C(Br)=[C]\Br. The van der Waals surface area contributed by atoms with Crippen LogP contribution in [0.25, 0.3) is 0 Å². The third-order valence-corrected chi connectivity index (χ3v) is 1.52. The first-order chi connectivity index (χ1) is 2.27. The van der Waals surface area contributed by atoms with Crippen LogP contribution in [0, 0.1) is 4.99 Å². The molecule has 0 aromatic carbocycles.